The molecule has 0 saturated carbocycles. The van der Waals surface area contributed by atoms with Crippen molar-refractivity contribution in [1.82, 2.24) is 30.5 Å². The summed E-state index contributed by atoms with van der Waals surface area (Å²) in [5, 5.41) is 14.6. The number of aromatic amines is 1. The van der Waals surface area contributed by atoms with Crippen LogP contribution in [0, 0.1) is 5.82 Å². The SMILES string of the molecule is O=C(NCCCCN(Cc1nc2ccccc2[nH]1)C(=O)O)NCc1ncccc1F. The Morgan fingerprint density at radius 2 is 1.97 bits per heavy atom. The molecule has 0 aliphatic rings. The topological polar surface area (TPSA) is 123 Å². The zero-order valence-electron chi connectivity index (χ0n) is 16.3. The molecule has 0 aliphatic heterocycles. The fourth-order valence-electron chi connectivity index (χ4n) is 2.91. The maximum absolute atomic E-state index is 13.5. The molecule has 3 rings (SSSR count). The number of carbonyl (C=O) groups excluding carboxylic acids is 1. The number of nitrogens with zero attached hydrogens (tertiary/aromatic N) is 3. The number of carbonyl (C=O) groups is 2. The van der Waals surface area contributed by atoms with Gasteiger partial charge in [0.05, 0.1) is 29.8 Å². The molecule has 0 spiro atoms. The number of fused-ring (bicyclic) bond motifs is 1. The van der Waals surface area contributed by atoms with Crippen LogP contribution in [0.5, 0.6) is 0 Å². The number of nitrogens with one attached hydrogen (secondary N) is 3. The number of benzene rings is 1. The predicted molar refractivity (Wildman–Crippen MR) is 108 cm³/mol. The van der Waals surface area contributed by atoms with E-state index in [9.17, 15) is 19.1 Å². The third kappa shape index (κ3) is 5.90. The number of unbranched alkanes of at least 4 members (excludes halogenated alkanes) is 1. The quantitative estimate of drug-likeness (QED) is 0.401. The van der Waals surface area contributed by atoms with Crippen molar-refractivity contribution < 1.29 is 19.1 Å². The van der Waals surface area contributed by atoms with Crippen molar-refractivity contribution in [1.29, 1.82) is 0 Å². The Labute approximate surface area is 172 Å². The summed E-state index contributed by atoms with van der Waals surface area (Å²) < 4.78 is 13.5. The minimum atomic E-state index is -1.03. The molecular weight excluding hydrogens is 391 g/mol. The molecule has 4 N–H and O–H groups in total. The van der Waals surface area contributed by atoms with Gasteiger partial charge in [0, 0.05) is 19.3 Å². The predicted octanol–water partition coefficient (Wildman–Crippen LogP) is 2.86. The molecule has 1 aromatic carbocycles. The number of pyridine rings is 1. The van der Waals surface area contributed by atoms with E-state index in [2.05, 4.69) is 25.6 Å². The standard InChI is InChI=1S/C20H23FN6O3/c21-14-6-5-10-22-17(14)12-24-19(28)23-9-3-4-11-27(20(29)30)13-18-25-15-7-1-2-8-16(15)26-18/h1-2,5-8,10H,3-4,9,11-13H2,(H,25,26)(H,29,30)(H2,23,24,28). The summed E-state index contributed by atoms with van der Waals surface area (Å²) in [7, 11) is 0. The first kappa shape index (κ1) is 21.0. The molecule has 0 atom stereocenters. The van der Waals surface area contributed by atoms with Crippen molar-refractivity contribution >= 4 is 23.2 Å². The van der Waals surface area contributed by atoms with Gasteiger partial charge in [-0.15, -0.1) is 0 Å². The molecule has 0 bridgehead atoms. The van der Waals surface area contributed by atoms with Gasteiger partial charge in [0.25, 0.3) is 0 Å². The number of halogens is 1. The number of para-hydroxylation sites is 2. The van der Waals surface area contributed by atoms with Crippen LogP contribution in [0.25, 0.3) is 11.0 Å². The summed E-state index contributed by atoms with van der Waals surface area (Å²) in [6, 6.07) is 9.83. The largest absolute Gasteiger partial charge is 0.465 e. The van der Waals surface area contributed by atoms with Crippen LogP contribution >= 0.6 is 0 Å². The van der Waals surface area contributed by atoms with Crippen molar-refractivity contribution in [2.45, 2.75) is 25.9 Å². The zero-order valence-corrected chi connectivity index (χ0v) is 16.3. The van der Waals surface area contributed by atoms with Gasteiger partial charge in [0.15, 0.2) is 0 Å². The number of hydrogen-bond acceptors (Lipinski definition) is 4. The molecular formula is C20H23FN6O3. The van der Waals surface area contributed by atoms with Gasteiger partial charge in [-0.3, -0.25) is 4.98 Å². The highest BCUT2D eigenvalue weighted by molar-refractivity contribution is 5.75. The summed E-state index contributed by atoms with van der Waals surface area (Å²) in [5.74, 6) is 0.105. The maximum Gasteiger partial charge on any atom is 0.407 e. The van der Waals surface area contributed by atoms with Gasteiger partial charge in [-0.1, -0.05) is 12.1 Å². The van der Waals surface area contributed by atoms with Crippen LogP contribution in [0.15, 0.2) is 42.6 Å². The molecule has 10 heteroatoms. The van der Waals surface area contributed by atoms with Crippen LogP contribution in [-0.4, -0.2) is 50.2 Å². The average Bonchev–Trinajstić information content (AvgIpc) is 3.14. The van der Waals surface area contributed by atoms with Crippen molar-refractivity contribution in [2.24, 2.45) is 0 Å². The van der Waals surface area contributed by atoms with Gasteiger partial charge in [-0.25, -0.2) is 19.0 Å². The zero-order chi connectivity index (χ0) is 21.3. The maximum atomic E-state index is 13.5. The smallest absolute Gasteiger partial charge is 0.407 e. The first-order valence-corrected chi connectivity index (χ1v) is 9.55. The highest BCUT2D eigenvalue weighted by atomic mass is 19.1. The first-order chi connectivity index (χ1) is 14.5. The van der Waals surface area contributed by atoms with Crippen LogP contribution in [0.3, 0.4) is 0 Å². The Morgan fingerprint density at radius 3 is 2.73 bits per heavy atom. The van der Waals surface area contributed by atoms with Crippen molar-refractivity contribution in [3.8, 4) is 0 Å². The molecule has 2 aromatic heterocycles. The Hall–Kier alpha value is -3.69. The lowest BCUT2D eigenvalue weighted by atomic mass is 10.3. The molecule has 0 saturated heterocycles. The highest BCUT2D eigenvalue weighted by Gasteiger charge is 2.14. The van der Waals surface area contributed by atoms with Gasteiger partial charge in [-0.2, -0.15) is 0 Å². The van der Waals surface area contributed by atoms with E-state index in [-0.39, 0.29) is 18.8 Å². The third-order valence-electron chi connectivity index (χ3n) is 4.44. The Kier molecular flexibility index (Phi) is 7.14. The number of urea groups is 1. The van der Waals surface area contributed by atoms with Crippen LogP contribution in [0.1, 0.15) is 24.4 Å². The molecule has 158 valence electrons. The Bertz CT molecular complexity index is 976. The number of imidazole rings is 1. The molecule has 9 nitrogen and oxygen atoms in total. The lowest BCUT2D eigenvalue weighted by molar-refractivity contribution is 0.140. The Balaban J connectivity index is 1.37. The molecule has 0 radical (unpaired) electrons. The number of aromatic nitrogens is 3. The van der Waals surface area contributed by atoms with E-state index in [4.69, 9.17) is 0 Å². The second kappa shape index (κ2) is 10.2. The van der Waals surface area contributed by atoms with E-state index in [1.54, 1.807) is 0 Å². The van der Waals surface area contributed by atoms with Gasteiger partial charge >= 0.3 is 12.1 Å². The Morgan fingerprint density at radius 1 is 1.13 bits per heavy atom. The number of hydrogen-bond donors (Lipinski definition) is 4. The first-order valence-electron chi connectivity index (χ1n) is 9.55. The fraction of sp³-hybridized carbons (Fsp3) is 0.300. The minimum absolute atomic E-state index is 0.0111. The van der Waals surface area contributed by atoms with E-state index in [1.165, 1.54) is 23.2 Å². The molecule has 0 aliphatic carbocycles. The van der Waals surface area contributed by atoms with E-state index >= 15 is 0 Å². The molecule has 0 fully saturated rings. The lowest BCUT2D eigenvalue weighted by Gasteiger charge is -2.17. The van der Waals surface area contributed by atoms with E-state index < -0.39 is 17.9 Å². The van der Waals surface area contributed by atoms with Crippen LogP contribution in [-0.2, 0) is 13.1 Å². The monoisotopic (exact) mass is 414 g/mol. The van der Waals surface area contributed by atoms with Crippen molar-refractivity contribution in [2.75, 3.05) is 13.1 Å². The molecule has 2 heterocycles. The van der Waals surface area contributed by atoms with Gasteiger partial charge in [0.2, 0.25) is 0 Å². The second-order valence-electron chi connectivity index (χ2n) is 6.65. The van der Waals surface area contributed by atoms with Gasteiger partial charge < -0.3 is 25.6 Å². The van der Waals surface area contributed by atoms with Crippen LogP contribution < -0.4 is 10.6 Å². The fourth-order valence-corrected chi connectivity index (χ4v) is 2.91. The van der Waals surface area contributed by atoms with E-state index in [0.717, 1.165) is 11.0 Å². The summed E-state index contributed by atoms with van der Waals surface area (Å²) in [6.45, 7) is 0.833. The van der Waals surface area contributed by atoms with Crippen LogP contribution in [0.4, 0.5) is 14.0 Å². The second-order valence-corrected chi connectivity index (χ2v) is 6.65. The number of H-pyrrole nitrogens is 1. The number of carboxylic acid groups (broad SMARTS) is 1. The molecule has 3 amide bonds. The highest BCUT2D eigenvalue weighted by Crippen LogP contribution is 2.12. The van der Waals surface area contributed by atoms with Gasteiger partial charge in [0.1, 0.15) is 11.6 Å². The van der Waals surface area contributed by atoms with E-state index in [0.29, 0.717) is 31.8 Å². The number of rotatable bonds is 9. The third-order valence-corrected chi connectivity index (χ3v) is 4.44. The average molecular weight is 414 g/mol. The minimum Gasteiger partial charge on any atom is -0.465 e. The lowest BCUT2D eigenvalue weighted by Crippen LogP contribution is -2.36. The molecule has 30 heavy (non-hydrogen) atoms. The summed E-state index contributed by atoms with van der Waals surface area (Å²) in [6.07, 6.45) is 1.59. The van der Waals surface area contributed by atoms with Crippen LogP contribution in [0.2, 0.25) is 0 Å². The molecule has 3 aromatic rings. The summed E-state index contributed by atoms with van der Waals surface area (Å²) in [4.78, 5) is 35.9. The van der Waals surface area contributed by atoms with E-state index in [1.807, 2.05) is 24.3 Å². The van der Waals surface area contributed by atoms with Crippen molar-refractivity contribution in [3.05, 3.63) is 59.9 Å². The molecule has 0 unspecified atom stereocenters. The normalized spacial score (nSPS) is 10.7. The number of amides is 3. The summed E-state index contributed by atoms with van der Waals surface area (Å²) in [5.41, 5.74) is 1.81. The van der Waals surface area contributed by atoms with Crippen molar-refractivity contribution in [3.63, 3.8) is 0 Å². The van der Waals surface area contributed by atoms with Gasteiger partial charge in [-0.05, 0) is 37.1 Å². The summed E-state index contributed by atoms with van der Waals surface area (Å²) >= 11 is 0.